The lowest BCUT2D eigenvalue weighted by atomic mass is 10.1. The topological polar surface area (TPSA) is 98.0 Å². The van der Waals surface area contributed by atoms with Crippen LogP contribution in [0, 0.1) is 0 Å². The molecule has 0 fully saturated rings. The van der Waals surface area contributed by atoms with Crippen LogP contribution in [0.2, 0.25) is 0 Å². The minimum Gasteiger partial charge on any atom is -0.368 e. The molecule has 0 aliphatic heterocycles. The number of fused-ring (bicyclic) bond motifs is 1. The van der Waals surface area contributed by atoms with Crippen molar-refractivity contribution < 1.29 is 9.59 Å². The molecule has 0 radical (unpaired) electrons. The number of hydrogen-bond donors (Lipinski definition) is 2. The molecule has 3 rings (SSSR count). The first-order chi connectivity index (χ1) is 12.1. The van der Waals surface area contributed by atoms with Crippen molar-refractivity contribution in [3.05, 3.63) is 70.6 Å². The molecule has 7 heteroatoms. The van der Waals surface area contributed by atoms with Gasteiger partial charge in [-0.2, -0.15) is 0 Å². The van der Waals surface area contributed by atoms with Crippen molar-refractivity contribution >= 4 is 38.6 Å². The Bertz CT molecular complexity index is 940. The molecule has 0 aliphatic carbocycles. The average molecular weight is 399 g/mol. The van der Waals surface area contributed by atoms with Crippen molar-refractivity contribution in [1.29, 1.82) is 0 Å². The first-order valence-electron chi connectivity index (χ1n) is 7.59. The van der Waals surface area contributed by atoms with E-state index in [1.54, 1.807) is 24.5 Å². The normalized spacial score (nSPS) is 11.9. The summed E-state index contributed by atoms with van der Waals surface area (Å²) >= 11 is 3.33. The lowest BCUT2D eigenvalue weighted by molar-refractivity contribution is -0.119. The maximum absolute atomic E-state index is 12.7. The molecule has 0 bridgehead atoms. The molecule has 2 amide bonds. The van der Waals surface area contributed by atoms with E-state index in [1.807, 2.05) is 30.3 Å². The van der Waals surface area contributed by atoms with E-state index in [1.165, 1.54) is 0 Å². The summed E-state index contributed by atoms with van der Waals surface area (Å²) in [5.74, 6) is -0.982. The van der Waals surface area contributed by atoms with Gasteiger partial charge in [0.05, 0.1) is 11.1 Å². The Kier molecular flexibility index (Phi) is 5.04. The molecule has 126 valence electrons. The van der Waals surface area contributed by atoms with Crippen LogP contribution in [0.4, 0.5) is 0 Å². The minimum absolute atomic E-state index is 0.249. The van der Waals surface area contributed by atoms with Crippen molar-refractivity contribution in [2.24, 2.45) is 5.73 Å². The number of aromatic nitrogens is 2. The fourth-order valence-electron chi connectivity index (χ4n) is 2.54. The lowest BCUT2D eigenvalue weighted by Crippen LogP contribution is -2.46. The molecule has 0 saturated carbocycles. The van der Waals surface area contributed by atoms with Gasteiger partial charge in [0.25, 0.3) is 5.91 Å². The molecule has 3 aromatic rings. The van der Waals surface area contributed by atoms with Gasteiger partial charge in [0.2, 0.25) is 5.91 Å². The monoisotopic (exact) mass is 398 g/mol. The van der Waals surface area contributed by atoms with E-state index in [-0.39, 0.29) is 12.3 Å². The van der Waals surface area contributed by atoms with Crippen LogP contribution in [0.15, 0.2) is 59.5 Å². The van der Waals surface area contributed by atoms with Gasteiger partial charge in [0.1, 0.15) is 10.6 Å². The van der Waals surface area contributed by atoms with E-state index in [4.69, 9.17) is 5.73 Å². The maximum Gasteiger partial charge on any atom is 0.252 e. The molecule has 0 saturated heterocycles. The van der Waals surface area contributed by atoms with Gasteiger partial charge in [-0.25, -0.2) is 4.98 Å². The predicted molar refractivity (Wildman–Crippen MR) is 97.8 cm³/mol. The molecular formula is C18H15BrN4O2. The summed E-state index contributed by atoms with van der Waals surface area (Å²) in [6.07, 6.45) is 3.45. The second-order valence-corrected chi connectivity index (χ2v) is 6.21. The highest BCUT2D eigenvalue weighted by Gasteiger charge is 2.21. The summed E-state index contributed by atoms with van der Waals surface area (Å²) < 4.78 is 0.616. The number of carbonyl (C=O) groups excluding carboxylic acids is 2. The quantitative estimate of drug-likeness (QED) is 0.643. The van der Waals surface area contributed by atoms with E-state index in [9.17, 15) is 9.59 Å². The fraction of sp³-hybridized carbons (Fsp3) is 0.111. The van der Waals surface area contributed by atoms with Crippen LogP contribution in [0.1, 0.15) is 15.9 Å². The van der Waals surface area contributed by atoms with E-state index < -0.39 is 11.9 Å². The summed E-state index contributed by atoms with van der Waals surface area (Å²) in [5, 5.41) is 3.43. The lowest BCUT2D eigenvalue weighted by Gasteiger charge is -2.16. The largest absolute Gasteiger partial charge is 0.368 e. The Balaban J connectivity index is 1.86. The zero-order valence-electron chi connectivity index (χ0n) is 13.1. The standard InChI is InChI=1S/C18H15BrN4O2/c19-16-11(4-3-8-22-16)10-15(17(20)24)23-18(25)13-7-9-21-14-6-2-1-5-12(13)14/h1-9,15H,10H2,(H2,20,24)(H,23,25)/t15-/m0/s1. The number of para-hydroxylation sites is 1. The molecule has 2 heterocycles. The molecule has 2 aromatic heterocycles. The average Bonchev–Trinajstić information content (AvgIpc) is 2.62. The second kappa shape index (κ2) is 7.40. The minimum atomic E-state index is -0.847. The Morgan fingerprint density at radius 3 is 2.64 bits per heavy atom. The van der Waals surface area contributed by atoms with Crippen LogP contribution in [0.3, 0.4) is 0 Å². The van der Waals surface area contributed by atoms with Crippen LogP contribution in [-0.4, -0.2) is 27.8 Å². The third kappa shape index (κ3) is 3.83. The van der Waals surface area contributed by atoms with Crippen molar-refractivity contribution in [3.63, 3.8) is 0 Å². The first-order valence-corrected chi connectivity index (χ1v) is 8.39. The van der Waals surface area contributed by atoms with Crippen LogP contribution in [0.25, 0.3) is 10.9 Å². The van der Waals surface area contributed by atoms with E-state index in [0.29, 0.717) is 21.1 Å². The number of pyridine rings is 2. The Hall–Kier alpha value is -2.80. The summed E-state index contributed by atoms with van der Waals surface area (Å²) in [6.45, 7) is 0. The number of amides is 2. The third-order valence-electron chi connectivity index (χ3n) is 3.80. The van der Waals surface area contributed by atoms with Gasteiger partial charge in [-0.1, -0.05) is 24.3 Å². The van der Waals surface area contributed by atoms with Gasteiger partial charge >= 0.3 is 0 Å². The van der Waals surface area contributed by atoms with Crippen LogP contribution in [0.5, 0.6) is 0 Å². The highest BCUT2D eigenvalue weighted by molar-refractivity contribution is 9.10. The molecule has 6 nitrogen and oxygen atoms in total. The van der Waals surface area contributed by atoms with Crippen molar-refractivity contribution in [2.75, 3.05) is 0 Å². The number of nitrogens with zero attached hydrogens (tertiary/aromatic N) is 2. The van der Waals surface area contributed by atoms with Crippen LogP contribution in [-0.2, 0) is 11.2 Å². The summed E-state index contributed by atoms with van der Waals surface area (Å²) in [4.78, 5) is 32.8. The van der Waals surface area contributed by atoms with Crippen LogP contribution >= 0.6 is 15.9 Å². The Morgan fingerprint density at radius 2 is 1.88 bits per heavy atom. The van der Waals surface area contributed by atoms with Gasteiger partial charge in [-0.05, 0) is 39.7 Å². The zero-order valence-corrected chi connectivity index (χ0v) is 14.7. The summed E-state index contributed by atoms with van der Waals surface area (Å²) in [7, 11) is 0. The second-order valence-electron chi connectivity index (χ2n) is 5.46. The SMILES string of the molecule is NC(=O)[C@H](Cc1cccnc1Br)NC(=O)c1ccnc2ccccc12. The number of benzene rings is 1. The van der Waals surface area contributed by atoms with Gasteiger partial charge < -0.3 is 11.1 Å². The Labute approximate surface area is 152 Å². The number of hydrogen-bond acceptors (Lipinski definition) is 4. The van der Waals surface area contributed by atoms with Crippen molar-refractivity contribution in [1.82, 2.24) is 15.3 Å². The predicted octanol–water partition coefficient (Wildman–Crippen LogP) is 2.22. The molecule has 25 heavy (non-hydrogen) atoms. The number of halogens is 1. The summed E-state index contributed by atoms with van der Waals surface area (Å²) in [6, 6.07) is 11.7. The number of rotatable bonds is 5. The van der Waals surface area contributed by atoms with Gasteiger partial charge in [0.15, 0.2) is 0 Å². The maximum atomic E-state index is 12.7. The molecule has 3 N–H and O–H groups in total. The van der Waals surface area contributed by atoms with Crippen molar-refractivity contribution in [3.8, 4) is 0 Å². The molecular weight excluding hydrogens is 384 g/mol. The number of nitrogens with two attached hydrogens (primary N) is 1. The van der Waals surface area contributed by atoms with Gasteiger partial charge in [-0.3, -0.25) is 14.6 Å². The summed E-state index contributed by atoms with van der Waals surface area (Å²) in [5.41, 5.74) is 7.41. The fourth-order valence-corrected chi connectivity index (χ4v) is 2.96. The van der Waals surface area contributed by atoms with E-state index in [0.717, 1.165) is 5.56 Å². The number of carbonyl (C=O) groups is 2. The molecule has 0 unspecified atom stereocenters. The molecule has 1 aromatic carbocycles. The van der Waals surface area contributed by atoms with E-state index in [2.05, 4.69) is 31.2 Å². The third-order valence-corrected chi connectivity index (χ3v) is 4.52. The van der Waals surface area contributed by atoms with Gasteiger partial charge in [0, 0.05) is 24.2 Å². The molecule has 0 aliphatic rings. The number of primary amides is 1. The van der Waals surface area contributed by atoms with Gasteiger partial charge in [-0.15, -0.1) is 0 Å². The van der Waals surface area contributed by atoms with Crippen molar-refractivity contribution in [2.45, 2.75) is 12.5 Å². The number of nitrogens with one attached hydrogen (secondary N) is 1. The smallest absolute Gasteiger partial charge is 0.252 e. The first kappa shape index (κ1) is 17.0. The highest BCUT2D eigenvalue weighted by Crippen LogP contribution is 2.17. The zero-order chi connectivity index (χ0) is 17.8. The molecule has 1 atom stereocenters. The van der Waals surface area contributed by atoms with Crippen LogP contribution < -0.4 is 11.1 Å². The van der Waals surface area contributed by atoms with E-state index >= 15 is 0 Å². The molecule has 0 spiro atoms. The Morgan fingerprint density at radius 1 is 1.08 bits per heavy atom. The highest BCUT2D eigenvalue weighted by atomic mass is 79.9.